The normalized spacial score (nSPS) is 17.8. The number of hydrogen-bond acceptors (Lipinski definition) is 3. The summed E-state index contributed by atoms with van der Waals surface area (Å²) >= 11 is 0. The summed E-state index contributed by atoms with van der Waals surface area (Å²) in [7, 11) is 1.85. The zero-order valence-corrected chi connectivity index (χ0v) is 14.7. The highest BCUT2D eigenvalue weighted by molar-refractivity contribution is 5.95. The highest BCUT2D eigenvalue weighted by atomic mass is 16.5. The van der Waals surface area contributed by atoms with Gasteiger partial charge in [0.05, 0.1) is 17.9 Å². The van der Waals surface area contributed by atoms with Gasteiger partial charge in [-0.25, -0.2) is 0 Å². The lowest BCUT2D eigenvalue weighted by Gasteiger charge is -2.32. The summed E-state index contributed by atoms with van der Waals surface area (Å²) in [6, 6.07) is 8.06. The van der Waals surface area contributed by atoms with E-state index in [1.54, 1.807) is 4.68 Å². The number of aromatic nitrogens is 2. The Labute approximate surface area is 143 Å². The van der Waals surface area contributed by atoms with Crippen LogP contribution in [0.5, 0.6) is 5.75 Å². The average Bonchev–Trinajstić information content (AvgIpc) is 2.92. The van der Waals surface area contributed by atoms with Gasteiger partial charge in [-0.15, -0.1) is 0 Å². The minimum Gasteiger partial charge on any atom is -0.493 e. The van der Waals surface area contributed by atoms with Gasteiger partial charge in [-0.1, -0.05) is 18.2 Å². The number of rotatable bonds is 4. The van der Waals surface area contributed by atoms with Crippen LogP contribution in [0, 0.1) is 19.8 Å². The summed E-state index contributed by atoms with van der Waals surface area (Å²) < 4.78 is 7.68. The van der Waals surface area contributed by atoms with Gasteiger partial charge in [-0.3, -0.25) is 9.48 Å². The van der Waals surface area contributed by atoms with Gasteiger partial charge in [-0.05, 0) is 38.3 Å². The third kappa shape index (κ3) is 3.61. The number of nitrogens with zero attached hydrogens (tertiary/aromatic N) is 3. The first-order chi connectivity index (χ1) is 11.5. The van der Waals surface area contributed by atoms with Gasteiger partial charge < -0.3 is 9.64 Å². The molecule has 24 heavy (non-hydrogen) atoms. The molecule has 2 heterocycles. The first-order valence-electron chi connectivity index (χ1n) is 8.52. The lowest BCUT2D eigenvalue weighted by molar-refractivity contribution is 0.0632. The van der Waals surface area contributed by atoms with Crippen molar-refractivity contribution in [2.45, 2.75) is 26.7 Å². The Hall–Kier alpha value is -2.30. The predicted octanol–water partition coefficient (Wildman–Crippen LogP) is 2.97. The maximum atomic E-state index is 12.7. The molecule has 1 aliphatic rings. The van der Waals surface area contributed by atoms with E-state index in [1.165, 1.54) is 0 Å². The number of para-hydroxylation sites is 1. The fraction of sp³-hybridized carbons (Fsp3) is 0.474. The van der Waals surface area contributed by atoms with Crippen LogP contribution in [0.3, 0.4) is 0 Å². The van der Waals surface area contributed by atoms with Crippen LogP contribution in [0.2, 0.25) is 0 Å². The Morgan fingerprint density at radius 2 is 2.12 bits per heavy atom. The van der Waals surface area contributed by atoms with Crippen LogP contribution in [0.1, 0.15) is 34.5 Å². The number of hydrogen-bond donors (Lipinski definition) is 0. The molecule has 1 aliphatic heterocycles. The van der Waals surface area contributed by atoms with E-state index in [2.05, 4.69) is 18.1 Å². The second-order valence-electron chi connectivity index (χ2n) is 6.64. The fourth-order valence-electron chi connectivity index (χ4n) is 3.29. The van der Waals surface area contributed by atoms with E-state index in [9.17, 15) is 4.79 Å². The lowest BCUT2D eigenvalue weighted by Crippen LogP contribution is -2.41. The minimum atomic E-state index is 0.0844. The first kappa shape index (κ1) is 16.6. The van der Waals surface area contributed by atoms with E-state index in [0.717, 1.165) is 42.9 Å². The molecule has 0 bridgehead atoms. The van der Waals surface area contributed by atoms with E-state index < -0.39 is 0 Å². The van der Waals surface area contributed by atoms with Crippen LogP contribution in [-0.4, -0.2) is 40.3 Å². The predicted molar refractivity (Wildman–Crippen MR) is 93.2 cm³/mol. The third-order valence-corrected chi connectivity index (χ3v) is 4.62. The van der Waals surface area contributed by atoms with Crippen LogP contribution < -0.4 is 4.74 Å². The van der Waals surface area contributed by atoms with Crippen molar-refractivity contribution in [3.63, 3.8) is 0 Å². The standard InChI is InChI=1S/C19H25N3O2/c1-14-7-4-5-9-18(14)24-13-16-8-6-10-22(11-16)19(23)17-12-21(3)20-15(17)2/h4-5,7,9,12,16H,6,8,10-11,13H2,1-3H3/t16-/m1/s1. The Bertz CT molecular complexity index is 723. The molecule has 0 N–H and O–H groups in total. The Morgan fingerprint density at radius 1 is 1.33 bits per heavy atom. The molecule has 1 fully saturated rings. The quantitative estimate of drug-likeness (QED) is 0.867. The average molecular weight is 327 g/mol. The molecular weight excluding hydrogens is 302 g/mol. The second-order valence-corrected chi connectivity index (χ2v) is 6.64. The Kier molecular flexibility index (Phi) is 4.88. The molecule has 1 aromatic heterocycles. The van der Waals surface area contributed by atoms with Gasteiger partial charge in [0, 0.05) is 32.3 Å². The maximum absolute atomic E-state index is 12.7. The van der Waals surface area contributed by atoms with Gasteiger partial charge in [0.1, 0.15) is 5.75 Å². The molecule has 1 atom stereocenters. The van der Waals surface area contributed by atoms with Crippen molar-refractivity contribution in [3.05, 3.63) is 47.3 Å². The van der Waals surface area contributed by atoms with E-state index in [1.807, 2.05) is 43.3 Å². The van der Waals surface area contributed by atoms with Gasteiger partial charge >= 0.3 is 0 Å². The van der Waals surface area contributed by atoms with Crippen molar-refractivity contribution in [1.82, 2.24) is 14.7 Å². The molecule has 1 amide bonds. The number of aryl methyl sites for hydroxylation is 3. The van der Waals surface area contributed by atoms with Crippen LogP contribution >= 0.6 is 0 Å². The monoisotopic (exact) mass is 327 g/mol. The topological polar surface area (TPSA) is 47.4 Å². The minimum absolute atomic E-state index is 0.0844. The molecule has 5 nitrogen and oxygen atoms in total. The molecule has 5 heteroatoms. The van der Waals surface area contributed by atoms with E-state index >= 15 is 0 Å². The molecule has 1 aromatic carbocycles. The number of likely N-dealkylation sites (tertiary alicyclic amines) is 1. The molecule has 0 aliphatic carbocycles. The fourth-order valence-corrected chi connectivity index (χ4v) is 3.29. The number of piperidine rings is 1. The van der Waals surface area contributed by atoms with Crippen molar-refractivity contribution in [1.29, 1.82) is 0 Å². The van der Waals surface area contributed by atoms with Gasteiger partial charge in [0.2, 0.25) is 0 Å². The third-order valence-electron chi connectivity index (χ3n) is 4.62. The first-order valence-corrected chi connectivity index (χ1v) is 8.52. The highest BCUT2D eigenvalue weighted by Crippen LogP contribution is 2.22. The Balaban J connectivity index is 1.61. The van der Waals surface area contributed by atoms with Crippen LogP contribution in [0.25, 0.3) is 0 Å². The zero-order valence-electron chi connectivity index (χ0n) is 14.7. The largest absolute Gasteiger partial charge is 0.493 e. The summed E-state index contributed by atoms with van der Waals surface area (Å²) in [6.45, 7) is 6.15. The smallest absolute Gasteiger partial charge is 0.257 e. The molecule has 0 saturated carbocycles. The van der Waals surface area contributed by atoms with Crippen LogP contribution in [-0.2, 0) is 7.05 Å². The van der Waals surface area contributed by atoms with Gasteiger partial charge in [0.15, 0.2) is 0 Å². The molecule has 0 radical (unpaired) electrons. The van der Waals surface area contributed by atoms with E-state index in [0.29, 0.717) is 18.1 Å². The van der Waals surface area contributed by atoms with Crippen molar-refractivity contribution in [2.75, 3.05) is 19.7 Å². The summed E-state index contributed by atoms with van der Waals surface area (Å²) in [5.41, 5.74) is 2.64. The zero-order chi connectivity index (χ0) is 17.1. The number of ether oxygens (including phenoxy) is 1. The maximum Gasteiger partial charge on any atom is 0.257 e. The second kappa shape index (κ2) is 7.07. The molecule has 3 rings (SSSR count). The SMILES string of the molecule is Cc1ccccc1OC[C@@H]1CCCN(C(=O)c2cn(C)nc2C)C1. The summed E-state index contributed by atoms with van der Waals surface area (Å²) in [5.74, 6) is 1.39. The van der Waals surface area contributed by atoms with Crippen LogP contribution in [0.4, 0.5) is 0 Å². The number of carbonyl (C=O) groups excluding carboxylic acids is 1. The molecular formula is C19H25N3O2. The number of carbonyl (C=O) groups is 1. The summed E-state index contributed by atoms with van der Waals surface area (Å²) in [6.07, 6.45) is 3.93. The van der Waals surface area contributed by atoms with Crippen molar-refractivity contribution in [3.8, 4) is 5.75 Å². The van der Waals surface area contributed by atoms with E-state index in [-0.39, 0.29) is 5.91 Å². The number of amides is 1. The molecule has 0 unspecified atom stereocenters. The van der Waals surface area contributed by atoms with Crippen molar-refractivity contribution < 1.29 is 9.53 Å². The molecule has 1 saturated heterocycles. The molecule has 128 valence electrons. The van der Waals surface area contributed by atoms with Crippen molar-refractivity contribution in [2.24, 2.45) is 13.0 Å². The van der Waals surface area contributed by atoms with Crippen molar-refractivity contribution >= 4 is 5.91 Å². The molecule has 0 spiro atoms. The Morgan fingerprint density at radius 3 is 2.83 bits per heavy atom. The van der Waals surface area contributed by atoms with Gasteiger partial charge in [0.25, 0.3) is 5.91 Å². The van der Waals surface area contributed by atoms with E-state index in [4.69, 9.17) is 4.74 Å². The summed E-state index contributed by atoms with van der Waals surface area (Å²) in [4.78, 5) is 14.7. The van der Waals surface area contributed by atoms with Crippen LogP contribution in [0.15, 0.2) is 30.5 Å². The number of benzene rings is 1. The van der Waals surface area contributed by atoms with Gasteiger partial charge in [-0.2, -0.15) is 5.10 Å². The highest BCUT2D eigenvalue weighted by Gasteiger charge is 2.26. The lowest BCUT2D eigenvalue weighted by atomic mass is 9.98. The summed E-state index contributed by atoms with van der Waals surface area (Å²) in [5, 5.41) is 4.28. The molecule has 2 aromatic rings.